The number of morpholine rings is 1. The lowest BCUT2D eigenvalue weighted by Gasteiger charge is -2.29. The SMILES string of the molecule is S=C(Cc1ccc2c(c1)CCCCC2)N1CCOCC1. The van der Waals surface area contributed by atoms with Crippen molar-refractivity contribution in [2.45, 2.75) is 38.5 Å². The number of aryl methyl sites for hydroxylation is 2. The van der Waals surface area contributed by atoms with Gasteiger partial charge in [-0.3, -0.25) is 0 Å². The zero-order valence-corrected chi connectivity index (χ0v) is 12.9. The molecule has 0 amide bonds. The minimum atomic E-state index is 0.810. The number of rotatable bonds is 2. The van der Waals surface area contributed by atoms with Gasteiger partial charge in [-0.2, -0.15) is 0 Å². The molecule has 2 aliphatic rings. The second kappa shape index (κ2) is 6.68. The molecular formula is C17H23NOS. The van der Waals surface area contributed by atoms with Gasteiger partial charge in [-0.1, -0.05) is 36.8 Å². The largest absolute Gasteiger partial charge is 0.378 e. The fourth-order valence-corrected chi connectivity index (χ4v) is 3.52. The first-order valence-corrected chi connectivity index (χ1v) is 8.20. The van der Waals surface area contributed by atoms with E-state index in [4.69, 9.17) is 17.0 Å². The molecule has 1 aliphatic heterocycles. The summed E-state index contributed by atoms with van der Waals surface area (Å²) in [6.45, 7) is 3.52. The van der Waals surface area contributed by atoms with E-state index in [0.29, 0.717) is 0 Å². The Labute approximate surface area is 127 Å². The van der Waals surface area contributed by atoms with Gasteiger partial charge >= 0.3 is 0 Å². The summed E-state index contributed by atoms with van der Waals surface area (Å²) in [5.41, 5.74) is 4.50. The lowest BCUT2D eigenvalue weighted by molar-refractivity contribution is 0.0684. The number of nitrogens with zero attached hydrogens (tertiary/aromatic N) is 1. The molecule has 1 saturated heterocycles. The Hall–Kier alpha value is -0.930. The van der Waals surface area contributed by atoms with Crippen LogP contribution in [0.25, 0.3) is 0 Å². The number of benzene rings is 1. The number of ether oxygens (including phenoxy) is 1. The third-order valence-electron chi connectivity index (χ3n) is 4.38. The number of fused-ring (bicyclic) bond motifs is 1. The van der Waals surface area contributed by atoms with Gasteiger partial charge in [-0.05, 0) is 42.4 Å². The molecule has 3 rings (SSSR count). The summed E-state index contributed by atoms with van der Waals surface area (Å²) in [6, 6.07) is 7.00. The van der Waals surface area contributed by atoms with E-state index in [0.717, 1.165) is 37.7 Å². The molecule has 3 heteroatoms. The summed E-state index contributed by atoms with van der Waals surface area (Å²) in [5.74, 6) is 0. The first-order valence-electron chi connectivity index (χ1n) is 7.79. The summed E-state index contributed by atoms with van der Waals surface area (Å²) >= 11 is 5.61. The molecule has 0 radical (unpaired) electrons. The van der Waals surface area contributed by atoms with Gasteiger partial charge in [-0.25, -0.2) is 0 Å². The van der Waals surface area contributed by atoms with Gasteiger partial charge < -0.3 is 9.64 Å². The van der Waals surface area contributed by atoms with Crippen molar-refractivity contribution < 1.29 is 4.74 Å². The van der Waals surface area contributed by atoms with Crippen molar-refractivity contribution in [3.8, 4) is 0 Å². The lowest BCUT2D eigenvalue weighted by atomic mass is 9.98. The highest BCUT2D eigenvalue weighted by atomic mass is 32.1. The standard InChI is InChI=1S/C17H23NOS/c20-17(18-8-10-19-11-9-18)13-14-6-7-15-4-2-1-3-5-16(15)12-14/h6-7,12H,1-5,8-11,13H2. The summed E-state index contributed by atoms with van der Waals surface area (Å²) in [7, 11) is 0. The number of thiocarbonyl (C=S) groups is 1. The Morgan fingerprint density at radius 1 is 1.05 bits per heavy atom. The Kier molecular flexibility index (Phi) is 4.69. The fourth-order valence-electron chi connectivity index (χ4n) is 3.17. The molecule has 0 unspecified atom stereocenters. The molecule has 0 spiro atoms. The Morgan fingerprint density at radius 3 is 2.60 bits per heavy atom. The quantitative estimate of drug-likeness (QED) is 0.613. The Balaban J connectivity index is 1.68. The van der Waals surface area contributed by atoms with Crippen LogP contribution in [-0.2, 0) is 24.0 Å². The van der Waals surface area contributed by atoms with Crippen LogP contribution in [-0.4, -0.2) is 36.2 Å². The van der Waals surface area contributed by atoms with Gasteiger partial charge in [-0.15, -0.1) is 0 Å². The van der Waals surface area contributed by atoms with Crippen molar-refractivity contribution in [3.05, 3.63) is 34.9 Å². The predicted octanol–water partition coefficient (Wildman–Crippen LogP) is 3.16. The minimum Gasteiger partial charge on any atom is -0.378 e. The maximum absolute atomic E-state index is 5.61. The maximum Gasteiger partial charge on any atom is 0.0825 e. The van der Waals surface area contributed by atoms with Gasteiger partial charge in [0.05, 0.1) is 18.2 Å². The Bertz CT molecular complexity index is 480. The first kappa shape index (κ1) is 14.0. The predicted molar refractivity (Wildman–Crippen MR) is 86.4 cm³/mol. The molecule has 1 aliphatic carbocycles. The van der Waals surface area contributed by atoms with Crippen molar-refractivity contribution in [2.24, 2.45) is 0 Å². The monoisotopic (exact) mass is 289 g/mol. The highest BCUT2D eigenvalue weighted by molar-refractivity contribution is 7.80. The molecule has 0 atom stereocenters. The van der Waals surface area contributed by atoms with E-state index in [9.17, 15) is 0 Å². The molecule has 1 aromatic rings. The summed E-state index contributed by atoms with van der Waals surface area (Å²) in [4.78, 5) is 3.37. The highest BCUT2D eigenvalue weighted by Crippen LogP contribution is 2.22. The van der Waals surface area contributed by atoms with Crippen molar-refractivity contribution >= 4 is 17.2 Å². The van der Waals surface area contributed by atoms with E-state index in [2.05, 4.69) is 23.1 Å². The van der Waals surface area contributed by atoms with Crippen LogP contribution in [0.4, 0.5) is 0 Å². The van der Waals surface area contributed by atoms with Crippen LogP contribution in [0, 0.1) is 0 Å². The van der Waals surface area contributed by atoms with Crippen LogP contribution < -0.4 is 0 Å². The molecule has 1 fully saturated rings. The molecule has 108 valence electrons. The molecule has 0 bridgehead atoms. The minimum absolute atomic E-state index is 0.810. The van der Waals surface area contributed by atoms with E-state index in [1.807, 2.05) is 0 Å². The third kappa shape index (κ3) is 3.39. The number of hydrogen-bond donors (Lipinski definition) is 0. The molecule has 0 saturated carbocycles. The summed E-state index contributed by atoms with van der Waals surface area (Å²) < 4.78 is 5.39. The second-order valence-electron chi connectivity index (χ2n) is 5.83. The summed E-state index contributed by atoms with van der Waals surface area (Å²) in [6.07, 6.45) is 7.46. The molecule has 1 heterocycles. The van der Waals surface area contributed by atoms with Crippen LogP contribution in [0.3, 0.4) is 0 Å². The van der Waals surface area contributed by atoms with E-state index in [-0.39, 0.29) is 0 Å². The lowest BCUT2D eigenvalue weighted by Crippen LogP contribution is -2.40. The van der Waals surface area contributed by atoms with Crippen LogP contribution in [0.2, 0.25) is 0 Å². The van der Waals surface area contributed by atoms with Crippen molar-refractivity contribution in [1.29, 1.82) is 0 Å². The van der Waals surface area contributed by atoms with Gasteiger partial charge in [0.2, 0.25) is 0 Å². The van der Waals surface area contributed by atoms with Crippen LogP contribution in [0.15, 0.2) is 18.2 Å². The molecule has 0 aromatic heterocycles. The molecule has 1 aromatic carbocycles. The van der Waals surface area contributed by atoms with E-state index >= 15 is 0 Å². The van der Waals surface area contributed by atoms with Crippen LogP contribution in [0.5, 0.6) is 0 Å². The van der Waals surface area contributed by atoms with Crippen molar-refractivity contribution in [3.63, 3.8) is 0 Å². The zero-order valence-electron chi connectivity index (χ0n) is 12.1. The normalized spacial score (nSPS) is 19.3. The van der Waals surface area contributed by atoms with E-state index < -0.39 is 0 Å². The van der Waals surface area contributed by atoms with Gasteiger partial charge in [0.15, 0.2) is 0 Å². The Morgan fingerprint density at radius 2 is 1.80 bits per heavy atom. The average molecular weight is 289 g/mol. The van der Waals surface area contributed by atoms with Crippen molar-refractivity contribution in [1.82, 2.24) is 4.90 Å². The second-order valence-corrected chi connectivity index (χ2v) is 6.30. The van der Waals surface area contributed by atoms with Gasteiger partial charge in [0.25, 0.3) is 0 Å². The van der Waals surface area contributed by atoms with Crippen LogP contribution >= 0.6 is 12.2 Å². The summed E-state index contributed by atoms with van der Waals surface area (Å²) in [5, 5.41) is 0. The van der Waals surface area contributed by atoms with Crippen molar-refractivity contribution in [2.75, 3.05) is 26.3 Å². The molecule has 20 heavy (non-hydrogen) atoms. The molecule has 2 nitrogen and oxygen atoms in total. The fraction of sp³-hybridized carbons (Fsp3) is 0.588. The first-order chi connectivity index (χ1) is 9.83. The van der Waals surface area contributed by atoms with Gasteiger partial charge in [0.1, 0.15) is 0 Å². The van der Waals surface area contributed by atoms with E-state index in [1.165, 1.54) is 37.7 Å². The molecule has 0 N–H and O–H groups in total. The smallest absolute Gasteiger partial charge is 0.0825 e. The third-order valence-corrected chi connectivity index (χ3v) is 4.78. The molecular weight excluding hydrogens is 266 g/mol. The maximum atomic E-state index is 5.61. The topological polar surface area (TPSA) is 12.5 Å². The van der Waals surface area contributed by atoms with Gasteiger partial charge in [0, 0.05) is 19.5 Å². The highest BCUT2D eigenvalue weighted by Gasteiger charge is 2.15. The van der Waals surface area contributed by atoms with E-state index in [1.54, 1.807) is 11.1 Å². The van der Waals surface area contributed by atoms with Crippen LogP contribution in [0.1, 0.15) is 36.0 Å². The number of hydrogen-bond acceptors (Lipinski definition) is 2. The zero-order chi connectivity index (χ0) is 13.8. The average Bonchev–Trinajstić information content (AvgIpc) is 2.73.